The molecule has 0 saturated carbocycles. The van der Waals surface area contributed by atoms with Gasteiger partial charge in [-0.15, -0.1) is 10.2 Å². The first-order valence-corrected chi connectivity index (χ1v) is 12.5. The van der Waals surface area contributed by atoms with Crippen LogP contribution in [0.25, 0.3) is 11.3 Å². The molecule has 1 unspecified atom stereocenters. The van der Waals surface area contributed by atoms with Gasteiger partial charge in [0, 0.05) is 18.2 Å². The Kier molecular flexibility index (Phi) is 12.6. The van der Waals surface area contributed by atoms with E-state index in [1.165, 1.54) is 6.42 Å². The number of aromatic nitrogens is 2. The maximum absolute atomic E-state index is 13.2. The second kappa shape index (κ2) is 15.4. The van der Waals surface area contributed by atoms with Crippen molar-refractivity contribution in [1.29, 1.82) is 0 Å². The van der Waals surface area contributed by atoms with Crippen molar-refractivity contribution in [2.75, 3.05) is 25.1 Å². The summed E-state index contributed by atoms with van der Waals surface area (Å²) in [5.41, 5.74) is 0.867. The van der Waals surface area contributed by atoms with E-state index in [1.54, 1.807) is 0 Å². The zero-order valence-corrected chi connectivity index (χ0v) is 21.3. The zero-order chi connectivity index (χ0) is 27.3. The van der Waals surface area contributed by atoms with E-state index in [0.717, 1.165) is 43.4 Å². The molecular formula is C26H36F3N3O5. The molecule has 3 rings (SSSR count). The number of nitrogens with zero attached hydrogens (tertiary/aromatic N) is 2. The molecule has 0 radical (unpaired) electrons. The number of aryl methyl sites for hydroxylation is 1. The number of phenols is 1. The number of phenolic OH excluding ortho intramolecular Hbond substituents is 1. The van der Waals surface area contributed by atoms with Gasteiger partial charge in [0.2, 0.25) is 0 Å². The average molecular weight is 528 g/mol. The second-order valence-electron chi connectivity index (χ2n) is 8.72. The van der Waals surface area contributed by atoms with Crippen LogP contribution in [0.3, 0.4) is 0 Å². The van der Waals surface area contributed by atoms with Gasteiger partial charge in [0.25, 0.3) is 6.47 Å². The number of carbonyl (C=O) groups excluding carboxylic acids is 1. The van der Waals surface area contributed by atoms with Gasteiger partial charge in [0.05, 0.1) is 18.8 Å². The Hall–Kier alpha value is -2.92. The van der Waals surface area contributed by atoms with Crippen molar-refractivity contribution in [3.63, 3.8) is 0 Å². The highest BCUT2D eigenvalue weighted by Crippen LogP contribution is 2.41. The fraction of sp³-hybridized carbons (Fsp3) is 0.577. The van der Waals surface area contributed by atoms with E-state index < -0.39 is 17.5 Å². The number of unbranched alkanes of at least 4 members (excludes halogenated alkanes) is 2. The Labute approximate surface area is 215 Å². The monoisotopic (exact) mass is 527 g/mol. The Balaban J connectivity index is 0.000000717. The number of fused-ring (bicyclic) bond motifs is 3. The second-order valence-corrected chi connectivity index (χ2v) is 8.72. The third-order valence-corrected chi connectivity index (χ3v) is 5.91. The topological polar surface area (TPSA) is 114 Å². The Morgan fingerprint density at radius 1 is 1.19 bits per heavy atom. The molecule has 37 heavy (non-hydrogen) atoms. The number of benzene rings is 1. The average Bonchev–Trinajstić information content (AvgIpc) is 2.95. The Bertz CT molecular complexity index is 989. The van der Waals surface area contributed by atoms with Crippen LogP contribution in [0.4, 0.5) is 19.0 Å². The molecule has 0 spiro atoms. The van der Waals surface area contributed by atoms with Gasteiger partial charge in [-0.25, -0.2) is 0 Å². The third kappa shape index (κ3) is 9.47. The van der Waals surface area contributed by atoms with Crippen molar-refractivity contribution in [2.45, 2.75) is 77.6 Å². The lowest BCUT2D eigenvalue weighted by molar-refractivity contribution is -0.137. The van der Waals surface area contributed by atoms with Crippen LogP contribution in [-0.2, 0) is 33.5 Å². The van der Waals surface area contributed by atoms with Crippen LogP contribution in [-0.4, -0.2) is 52.7 Å². The predicted octanol–water partition coefficient (Wildman–Crippen LogP) is 5.25. The maximum Gasteiger partial charge on any atom is 0.416 e. The summed E-state index contributed by atoms with van der Waals surface area (Å²) in [6, 6.07) is 3.96. The summed E-state index contributed by atoms with van der Waals surface area (Å²) in [7, 11) is 0. The number of nitrogens with one attached hydrogen (secondary N) is 1. The fourth-order valence-electron chi connectivity index (χ4n) is 4.01. The van der Waals surface area contributed by atoms with Gasteiger partial charge in [0.1, 0.15) is 23.9 Å². The van der Waals surface area contributed by atoms with E-state index in [9.17, 15) is 23.1 Å². The summed E-state index contributed by atoms with van der Waals surface area (Å²) in [4.78, 5) is 9.23. The van der Waals surface area contributed by atoms with Gasteiger partial charge in [-0.2, -0.15) is 13.2 Å². The first kappa shape index (κ1) is 30.3. The van der Waals surface area contributed by atoms with Crippen molar-refractivity contribution in [3.05, 3.63) is 34.9 Å². The minimum atomic E-state index is -4.56. The van der Waals surface area contributed by atoms with Gasteiger partial charge in [0.15, 0.2) is 0 Å². The molecule has 0 aliphatic carbocycles. The molecule has 0 fully saturated rings. The van der Waals surface area contributed by atoms with Crippen molar-refractivity contribution in [3.8, 4) is 17.0 Å². The van der Waals surface area contributed by atoms with E-state index in [4.69, 9.17) is 9.84 Å². The summed E-state index contributed by atoms with van der Waals surface area (Å²) in [6.45, 7) is 4.99. The van der Waals surface area contributed by atoms with Gasteiger partial charge >= 0.3 is 6.18 Å². The van der Waals surface area contributed by atoms with E-state index in [2.05, 4.69) is 34.1 Å². The standard InChI is InChI=1S/C23H30F3N3O2.C3H6O3/c1-3-5-6-9-18(4-2)27-20-12-15-8-7-10-31-14-16-11-17(23(24,25)26)13-19(30)21(16)22(15)29-28-20;4-1-2-6-3-5/h11-13,18,30H,3-10,14H2,1-2H3,(H,27,28);3-4H,1-2H2. The molecule has 11 heteroatoms. The smallest absolute Gasteiger partial charge is 0.416 e. The molecule has 2 heterocycles. The molecule has 0 amide bonds. The van der Waals surface area contributed by atoms with Crippen LogP contribution in [0, 0.1) is 0 Å². The molecule has 206 valence electrons. The number of aliphatic hydroxyl groups excluding tert-OH is 1. The number of aromatic hydroxyl groups is 1. The summed E-state index contributed by atoms with van der Waals surface area (Å²) in [5.74, 6) is 0.188. The van der Waals surface area contributed by atoms with Crippen LogP contribution in [0.15, 0.2) is 18.2 Å². The van der Waals surface area contributed by atoms with Gasteiger partial charge in [-0.05, 0) is 55.0 Å². The van der Waals surface area contributed by atoms with E-state index in [1.807, 2.05) is 6.07 Å². The Morgan fingerprint density at radius 2 is 1.97 bits per heavy atom. The first-order chi connectivity index (χ1) is 17.7. The van der Waals surface area contributed by atoms with Crippen molar-refractivity contribution >= 4 is 12.3 Å². The summed E-state index contributed by atoms with van der Waals surface area (Å²) < 4.78 is 49.3. The lowest BCUT2D eigenvalue weighted by atomic mass is 9.96. The summed E-state index contributed by atoms with van der Waals surface area (Å²) >= 11 is 0. The molecule has 1 aromatic heterocycles. The minimum Gasteiger partial charge on any atom is -0.507 e. The quantitative estimate of drug-likeness (QED) is 0.284. The van der Waals surface area contributed by atoms with Crippen LogP contribution in [0.5, 0.6) is 5.75 Å². The summed E-state index contributed by atoms with van der Waals surface area (Å²) in [5, 5.41) is 30.5. The molecule has 3 N–H and O–H groups in total. The molecule has 8 nitrogen and oxygen atoms in total. The van der Waals surface area contributed by atoms with Gasteiger partial charge < -0.3 is 25.0 Å². The van der Waals surface area contributed by atoms with Crippen molar-refractivity contribution in [2.24, 2.45) is 0 Å². The van der Waals surface area contributed by atoms with Crippen LogP contribution in [0.2, 0.25) is 0 Å². The molecule has 1 atom stereocenters. The number of ether oxygens (including phenoxy) is 2. The van der Waals surface area contributed by atoms with Crippen LogP contribution >= 0.6 is 0 Å². The highest BCUT2D eigenvalue weighted by atomic mass is 19.4. The molecule has 1 aromatic carbocycles. The lowest BCUT2D eigenvalue weighted by Gasteiger charge is -2.19. The SMILES string of the molecule is CCCCCC(CC)Nc1cc2c(nn1)-c1c(O)cc(C(F)(F)F)cc1COCCC2.O=COCCO. The number of anilines is 1. The number of rotatable bonds is 10. The highest BCUT2D eigenvalue weighted by Gasteiger charge is 2.33. The first-order valence-electron chi connectivity index (χ1n) is 12.5. The van der Waals surface area contributed by atoms with E-state index >= 15 is 0 Å². The molecule has 1 aliphatic rings. The van der Waals surface area contributed by atoms with Crippen molar-refractivity contribution in [1.82, 2.24) is 10.2 Å². The number of hydrogen-bond donors (Lipinski definition) is 3. The molecule has 2 aromatic rings. The summed E-state index contributed by atoms with van der Waals surface area (Å²) in [6.07, 6.45) is 2.26. The number of aliphatic hydroxyl groups is 1. The van der Waals surface area contributed by atoms with E-state index in [-0.39, 0.29) is 37.0 Å². The number of carbonyl (C=O) groups is 1. The van der Waals surface area contributed by atoms with Gasteiger partial charge in [-0.1, -0.05) is 33.1 Å². The number of halogens is 3. The zero-order valence-electron chi connectivity index (χ0n) is 21.3. The molecule has 1 aliphatic heterocycles. The largest absolute Gasteiger partial charge is 0.507 e. The number of alkyl halides is 3. The minimum absolute atomic E-state index is 0.0245. The van der Waals surface area contributed by atoms with Crippen molar-refractivity contribution < 1.29 is 37.7 Å². The molecule has 0 saturated heterocycles. The van der Waals surface area contributed by atoms with Crippen LogP contribution in [0.1, 0.15) is 69.1 Å². The van der Waals surface area contributed by atoms with Gasteiger partial charge in [-0.3, -0.25) is 4.79 Å². The Morgan fingerprint density at radius 3 is 2.59 bits per heavy atom. The molecular weight excluding hydrogens is 491 g/mol. The predicted molar refractivity (Wildman–Crippen MR) is 133 cm³/mol. The third-order valence-electron chi connectivity index (χ3n) is 5.91. The fourth-order valence-corrected chi connectivity index (χ4v) is 4.01. The highest BCUT2D eigenvalue weighted by molar-refractivity contribution is 5.74. The molecule has 0 bridgehead atoms. The number of hydrogen-bond acceptors (Lipinski definition) is 8. The lowest BCUT2D eigenvalue weighted by Crippen LogP contribution is -2.19. The maximum atomic E-state index is 13.2. The van der Waals surface area contributed by atoms with Crippen LogP contribution < -0.4 is 5.32 Å². The van der Waals surface area contributed by atoms with E-state index in [0.29, 0.717) is 37.4 Å². The normalized spacial score (nSPS) is 14.0.